The first-order chi connectivity index (χ1) is 15.4. The molecule has 0 atom stereocenters. The average Bonchev–Trinajstić information content (AvgIpc) is 2.71. The van der Waals surface area contributed by atoms with Gasteiger partial charge in [0.15, 0.2) is 0 Å². The fraction of sp³-hybridized carbons (Fsp3) is 0.250. The summed E-state index contributed by atoms with van der Waals surface area (Å²) >= 11 is 0. The number of benzene rings is 2. The van der Waals surface area contributed by atoms with Gasteiger partial charge in [0.2, 0.25) is 10.0 Å². The lowest BCUT2D eigenvalue weighted by Crippen LogP contribution is -2.23. The molecule has 0 amide bonds. The van der Waals surface area contributed by atoms with Gasteiger partial charge in [0.25, 0.3) is 5.56 Å². The van der Waals surface area contributed by atoms with Crippen LogP contribution in [0.2, 0.25) is 0 Å². The Balaban J connectivity index is 2.10. The largest absolute Gasteiger partial charge is 0.496 e. The van der Waals surface area contributed by atoms with E-state index in [-0.39, 0.29) is 5.41 Å². The summed E-state index contributed by atoms with van der Waals surface area (Å²) in [6, 6.07) is 10.6. The molecule has 0 spiro atoms. The number of anilines is 1. The molecule has 0 aliphatic heterocycles. The number of hydrogen-bond acceptors (Lipinski definition) is 5. The number of methoxy groups -OCH3 is 1. The Morgan fingerprint density at radius 3 is 2.24 bits per heavy atom. The first-order valence-corrected chi connectivity index (χ1v) is 12.1. The molecular formula is C24H27N3O5S. The van der Waals surface area contributed by atoms with E-state index in [0.717, 1.165) is 22.9 Å². The van der Waals surface area contributed by atoms with Gasteiger partial charge in [0, 0.05) is 23.0 Å². The molecule has 0 aliphatic rings. The molecule has 0 bridgehead atoms. The quantitative estimate of drug-likeness (QED) is 0.477. The first-order valence-electron chi connectivity index (χ1n) is 10.2. The van der Waals surface area contributed by atoms with Gasteiger partial charge in [-0.15, -0.1) is 0 Å². The molecule has 0 radical (unpaired) electrons. The Labute approximate surface area is 192 Å². The van der Waals surface area contributed by atoms with Crippen LogP contribution in [0.4, 0.5) is 5.69 Å². The maximum absolute atomic E-state index is 12.4. The minimum absolute atomic E-state index is 0.280. The molecule has 0 saturated carbocycles. The van der Waals surface area contributed by atoms with Gasteiger partial charge >= 0.3 is 5.69 Å². The Morgan fingerprint density at radius 2 is 1.70 bits per heavy atom. The molecule has 0 aliphatic carbocycles. The third-order valence-electron chi connectivity index (χ3n) is 4.93. The van der Waals surface area contributed by atoms with Crippen LogP contribution < -0.4 is 20.7 Å². The van der Waals surface area contributed by atoms with Crippen LogP contribution in [0.3, 0.4) is 0 Å². The van der Waals surface area contributed by atoms with Gasteiger partial charge in [-0.1, -0.05) is 45.1 Å². The normalized spacial score (nSPS) is 12.2. The maximum atomic E-state index is 12.4. The molecule has 3 N–H and O–H groups in total. The third-order valence-corrected chi connectivity index (χ3v) is 5.54. The van der Waals surface area contributed by atoms with Crippen molar-refractivity contribution in [3.8, 4) is 16.9 Å². The van der Waals surface area contributed by atoms with Crippen molar-refractivity contribution in [2.75, 3.05) is 18.1 Å². The molecule has 1 aromatic heterocycles. The zero-order valence-electron chi connectivity index (χ0n) is 19.1. The van der Waals surface area contributed by atoms with Crippen molar-refractivity contribution in [2.45, 2.75) is 26.2 Å². The number of nitrogens with one attached hydrogen (secondary N) is 3. The highest BCUT2D eigenvalue weighted by molar-refractivity contribution is 7.92. The van der Waals surface area contributed by atoms with Crippen molar-refractivity contribution < 1.29 is 13.2 Å². The van der Waals surface area contributed by atoms with Crippen LogP contribution in [0.25, 0.3) is 23.3 Å². The van der Waals surface area contributed by atoms with Gasteiger partial charge in [-0.3, -0.25) is 14.5 Å². The van der Waals surface area contributed by atoms with E-state index < -0.39 is 21.3 Å². The van der Waals surface area contributed by atoms with Crippen molar-refractivity contribution in [1.82, 2.24) is 9.97 Å². The van der Waals surface area contributed by atoms with Crippen LogP contribution in [0.5, 0.6) is 5.75 Å². The molecule has 33 heavy (non-hydrogen) atoms. The van der Waals surface area contributed by atoms with E-state index in [1.807, 2.05) is 45.1 Å². The number of aromatic amines is 2. The zero-order valence-corrected chi connectivity index (χ0v) is 20.0. The second kappa shape index (κ2) is 9.11. The number of aromatic nitrogens is 2. The lowest BCUT2D eigenvalue weighted by molar-refractivity contribution is 0.397. The fourth-order valence-electron chi connectivity index (χ4n) is 3.40. The standard InChI is InChI=1S/C24H27N3O5S/c1-24(2,3)20-13-17(19-14-25-23(29)26-22(19)28)12-16(21(20)32-4)9-6-15-7-10-18(11-8-15)27-33(5,30)31/h6-14,27H,1-5H3,(H2,25,26,28,29). The van der Waals surface area contributed by atoms with Crippen molar-refractivity contribution >= 4 is 27.9 Å². The molecule has 1 heterocycles. The van der Waals surface area contributed by atoms with Crippen molar-refractivity contribution in [1.29, 1.82) is 0 Å². The van der Waals surface area contributed by atoms with E-state index in [1.54, 1.807) is 31.4 Å². The molecular weight excluding hydrogens is 442 g/mol. The summed E-state index contributed by atoms with van der Waals surface area (Å²) in [5, 5.41) is 0. The monoisotopic (exact) mass is 469 g/mol. The molecule has 0 fully saturated rings. The minimum Gasteiger partial charge on any atom is -0.496 e. The maximum Gasteiger partial charge on any atom is 0.325 e. The van der Waals surface area contributed by atoms with E-state index >= 15 is 0 Å². The molecule has 0 saturated heterocycles. The number of rotatable bonds is 6. The van der Waals surface area contributed by atoms with Gasteiger partial charge in [0.1, 0.15) is 5.75 Å². The van der Waals surface area contributed by atoms with E-state index in [4.69, 9.17) is 4.74 Å². The van der Waals surface area contributed by atoms with Crippen molar-refractivity contribution in [3.63, 3.8) is 0 Å². The van der Waals surface area contributed by atoms with Crippen LogP contribution in [-0.4, -0.2) is 31.8 Å². The SMILES string of the molecule is COc1c(C=Cc2ccc(NS(C)(=O)=O)cc2)cc(-c2c[nH]c(=O)[nH]c2=O)cc1C(C)(C)C. The summed E-state index contributed by atoms with van der Waals surface area (Å²) < 4.78 is 30.9. The van der Waals surface area contributed by atoms with Crippen LogP contribution >= 0.6 is 0 Å². The number of H-pyrrole nitrogens is 2. The minimum atomic E-state index is -3.35. The molecule has 0 unspecified atom stereocenters. The number of ether oxygens (including phenoxy) is 1. The first kappa shape index (κ1) is 24.1. The van der Waals surface area contributed by atoms with Gasteiger partial charge in [0.05, 0.1) is 18.9 Å². The summed E-state index contributed by atoms with van der Waals surface area (Å²) in [6.45, 7) is 6.15. The average molecular weight is 470 g/mol. The van der Waals surface area contributed by atoms with Crippen molar-refractivity contribution in [2.24, 2.45) is 0 Å². The summed E-state index contributed by atoms with van der Waals surface area (Å²) in [5.74, 6) is 0.679. The topological polar surface area (TPSA) is 121 Å². The van der Waals surface area contributed by atoms with Crippen LogP contribution in [0.1, 0.15) is 37.5 Å². The van der Waals surface area contributed by atoms with E-state index in [1.165, 1.54) is 6.20 Å². The highest BCUT2D eigenvalue weighted by Crippen LogP contribution is 2.38. The second-order valence-electron chi connectivity index (χ2n) is 8.71. The highest BCUT2D eigenvalue weighted by atomic mass is 32.2. The number of sulfonamides is 1. The summed E-state index contributed by atoms with van der Waals surface area (Å²) in [7, 11) is -1.75. The Morgan fingerprint density at radius 1 is 1.03 bits per heavy atom. The second-order valence-corrected chi connectivity index (χ2v) is 10.5. The van der Waals surface area contributed by atoms with Crippen LogP contribution in [-0.2, 0) is 15.4 Å². The molecule has 9 heteroatoms. The third kappa shape index (κ3) is 6.01. The zero-order chi connectivity index (χ0) is 24.4. The van der Waals surface area contributed by atoms with Gasteiger partial charge < -0.3 is 9.72 Å². The predicted octanol–water partition coefficient (Wildman–Crippen LogP) is 3.58. The predicted molar refractivity (Wildman–Crippen MR) is 132 cm³/mol. The highest BCUT2D eigenvalue weighted by Gasteiger charge is 2.23. The van der Waals surface area contributed by atoms with Gasteiger partial charge in [-0.25, -0.2) is 13.2 Å². The smallest absolute Gasteiger partial charge is 0.325 e. The van der Waals surface area contributed by atoms with E-state index in [0.29, 0.717) is 22.6 Å². The number of hydrogen-bond donors (Lipinski definition) is 3. The lowest BCUT2D eigenvalue weighted by atomic mass is 9.83. The Hall–Kier alpha value is -3.59. The molecule has 174 valence electrons. The Bertz CT molecular complexity index is 1410. The van der Waals surface area contributed by atoms with Gasteiger partial charge in [-0.05, 0) is 40.8 Å². The summed E-state index contributed by atoms with van der Waals surface area (Å²) in [5.41, 5.74) is 2.64. The van der Waals surface area contributed by atoms with E-state index in [9.17, 15) is 18.0 Å². The van der Waals surface area contributed by atoms with E-state index in [2.05, 4.69) is 14.7 Å². The summed E-state index contributed by atoms with van der Waals surface area (Å²) in [6.07, 6.45) is 6.24. The molecule has 3 aromatic rings. The van der Waals surface area contributed by atoms with Gasteiger partial charge in [-0.2, -0.15) is 0 Å². The molecule has 8 nitrogen and oxygen atoms in total. The van der Waals surface area contributed by atoms with Crippen LogP contribution in [0, 0.1) is 0 Å². The molecule has 3 rings (SSSR count). The van der Waals surface area contributed by atoms with Crippen LogP contribution in [0.15, 0.2) is 52.2 Å². The van der Waals surface area contributed by atoms with Crippen molar-refractivity contribution in [3.05, 3.63) is 80.1 Å². The Kier molecular flexibility index (Phi) is 6.64. The lowest BCUT2D eigenvalue weighted by Gasteiger charge is -2.24. The summed E-state index contributed by atoms with van der Waals surface area (Å²) in [4.78, 5) is 28.6. The fourth-order valence-corrected chi connectivity index (χ4v) is 3.97. The molecule has 2 aromatic carbocycles.